The summed E-state index contributed by atoms with van der Waals surface area (Å²) in [6.07, 6.45) is 1.32. The summed E-state index contributed by atoms with van der Waals surface area (Å²) in [6, 6.07) is 5.48. The van der Waals surface area contributed by atoms with E-state index in [9.17, 15) is 14.9 Å². The molecule has 0 saturated heterocycles. The average molecular weight is 418 g/mol. The van der Waals surface area contributed by atoms with Gasteiger partial charge in [0, 0.05) is 21.2 Å². The molecule has 2 aromatic rings. The smallest absolute Gasteiger partial charge is 0.339 e. The Morgan fingerprint density at radius 3 is 2.62 bits per heavy atom. The molecule has 21 heavy (non-hydrogen) atoms. The van der Waals surface area contributed by atoms with Gasteiger partial charge in [0.15, 0.2) is 0 Å². The summed E-state index contributed by atoms with van der Waals surface area (Å²) in [5.41, 5.74) is -0.502. The van der Waals surface area contributed by atoms with Crippen molar-refractivity contribution in [3.05, 3.63) is 55.1 Å². The molecule has 0 unspecified atom stereocenters. The zero-order chi connectivity index (χ0) is 15.6. The van der Waals surface area contributed by atoms with Crippen molar-refractivity contribution in [1.29, 1.82) is 0 Å². The number of rotatable bonds is 4. The predicted octanol–water partition coefficient (Wildman–Crippen LogP) is 4.01. The van der Waals surface area contributed by atoms with E-state index >= 15 is 0 Å². The van der Waals surface area contributed by atoms with Crippen LogP contribution in [0.25, 0.3) is 0 Å². The van der Waals surface area contributed by atoms with Crippen LogP contribution in [0.4, 0.5) is 5.69 Å². The van der Waals surface area contributed by atoms with Gasteiger partial charge in [0.05, 0.1) is 4.92 Å². The van der Waals surface area contributed by atoms with Crippen molar-refractivity contribution in [2.45, 2.75) is 0 Å². The standard InChI is InChI=1S/C12H6Br2N2O5/c13-6-1-2-8(12(17)18)10(4-6)21-11-9(16(19)20)3-7(14)5-15-11/h1-5H,(H,17,18). The average Bonchev–Trinajstić information content (AvgIpc) is 2.40. The van der Waals surface area contributed by atoms with Gasteiger partial charge in [-0.05, 0) is 34.1 Å². The van der Waals surface area contributed by atoms with Crippen molar-refractivity contribution in [3.63, 3.8) is 0 Å². The first-order valence-electron chi connectivity index (χ1n) is 5.39. The molecule has 2 rings (SSSR count). The molecule has 0 amide bonds. The molecular formula is C12H6Br2N2O5. The number of hydrogen-bond acceptors (Lipinski definition) is 5. The first-order valence-corrected chi connectivity index (χ1v) is 6.97. The Balaban J connectivity index is 2.50. The summed E-state index contributed by atoms with van der Waals surface area (Å²) in [4.78, 5) is 25.3. The fourth-order valence-corrected chi connectivity index (χ4v) is 2.15. The van der Waals surface area contributed by atoms with Crippen molar-refractivity contribution in [3.8, 4) is 11.6 Å². The Bertz CT molecular complexity index is 736. The fourth-order valence-electron chi connectivity index (χ4n) is 1.49. The van der Waals surface area contributed by atoms with E-state index < -0.39 is 10.9 Å². The SMILES string of the molecule is O=C(O)c1ccc(Br)cc1Oc1ncc(Br)cc1[N+](=O)[O-]. The third-order valence-electron chi connectivity index (χ3n) is 2.38. The van der Waals surface area contributed by atoms with Crippen molar-refractivity contribution in [1.82, 2.24) is 4.98 Å². The minimum Gasteiger partial charge on any atom is -0.478 e. The van der Waals surface area contributed by atoms with Crippen LogP contribution in [0.2, 0.25) is 0 Å². The number of hydrogen-bond donors (Lipinski definition) is 1. The second-order valence-corrected chi connectivity index (χ2v) is 5.61. The number of pyridine rings is 1. The molecule has 0 aliphatic carbocycles. The number of aromatic nitrogens is 1. The zero-order valence-corrected chi connectivity index (χ0v) is 13.3. The lowest BCUT2D eigenvalue weighted by atomic mass is 10.2. The molecular weight excluding hydrogens is 412 g/mol. The van der Waals surface area contributed by atoms with E-state index in [0.717, 1.165) is 0 Å². The van der Waals surface area contributed by atoms with Gasteiger partial charge in [-0.2, -0.15) is 0 Å². The Labute approximate surface area is 135 Å². The Morgan fingerprint density at radius 1 is 1.29 bits per heavy atom. The van der Waals surface area contributed by atoms with Crippen LogP contribution in [0.3, 0.4) is 0 Å². The van der Waals surface area contributed by atoms with Crippen molar-refractivity contribution < 1.29 is 19.6 Å². The largest absolute Gasteiger partial charge is 0.478 e. The number of nitrogens with zero attached hydrogens (tertiary/aromatic N) is 2. The van der Waals surface area contributed by atoms with Crippen molar-refractivity contribution in [2.75, 3.05) is 0 Å². The van der Waals surface area contributed by atoms with Crippen LogP contribution in [0, 0.1) is 10.1 Å². The molecule has 0 aliphatic heterocycles. The normalized spacial score (nSPS) is 10.2. The van der Waals surface area contributed by atoms with Crippen molar-refractivity contribution >= 4 is 43.5 Å². The lowest BCUT2D eigenvalue weighted by Gasteiger charge is -2.08. The van der Waals surface area contributed by atoms with Crippen LogP contribution in [0.5, 0.6) is 11.6 Å². The van der Waals surface area contributed by atoms with Gasteiger partial charge in [-0.1, -0.05) is 15.9 Å². The molecule has 0 saturated carbocycles. The van der Waals surface area contributed by atoms with Gasteiger partial charge in [-0.3, -0.25) is 10.1 Å². The highest BCUT2D eigenvalue weighted by Gasteiger charge is 2.21. The highest BCUT2D eigenvalue weighted by molar-refractivity contribution is 9.10. The minimum absolute atomic E-state index is 0.0465. The van der Waals surface area contributed by atoms with E-state index in [0.29, 0.717) is 8.95 Å². The molecule has 1 N–H and O–H groups in total. The Hall–Kier alpha value is -2.00. The van der Waals surface area contributed by atoms with Crippen LogP contribution in [-0.2, 0) is 0 Å². The molecule has 0 bridgehead atoms. The van der Waals surface area contributed by atoms with Crippen molar-refractivity contribution in [2.24, 2.45) is 0 Å². The summed E-state index contributed by atoms with van der Waals surface area (Å²) in [6.45, 7) is 0. The van der Waals surface area contributed by atoms with Gasteiger partial charge in [-0.25, -0.2) is 9.78 Å². The molecule has 7 nitrogen and oxygen atoms in total. The third kappa shape index (κ3) is 3.56. The molecule has 0 atom stereocenters. The lowest BCUT2D eigenvalue weighted by Crippen LogP contribution is -2.02. The molecule has 0 spiro atoms. The number of benzene rings is 1. The van der Waals surface area contributed by atoms with E-state index in [1.54, 1.807) is 0 Å². The summed E-state index contributed by atoms with van der Waals surface area (Å²) in [7, 11) is 0. The molecule has 0 fully saturated rings. The van der Waals surface area contributed by atoms with Gasteiger partial charge >= 0.3 is 11.7 Å². The maximum atomic E-state index is 11.1. The fraction of sp³-hybridized carbons (Fsp3) is 0. The van der Waals surface area contributed by atoms with Crippen LogP contribution in [0.1, 0.15) is 10.4 Å². The minimum atomic E-state index is -1.21. The molecule has 1 aromatic carbocycles. The van der Waals surface area contributed by atoms with Crippen LogP contribution < -0.4 is 4.74 Å². The molecule has 0 aliphatic rings. The summed E-state index contributed by atoms with van der Waals surface area (Å²) >= 11 is 6.26. The third-order valence-corrected chi connectivity index (χ3v) is 3.30. The second kappa shape index (κ2) is 6.19. The topological polar surface area (TPSA) is 103 Å². The van der Waals surface area contributed by atoms with Gasteiger partial charge in [0.25, 0.3) is 5.88 Å². The summed E-state index contributed by atoms with van der Waals surface area (Å²) in [5.74, 6) is -1.55. The number of halogens is 2. The van der Waals surface area contributed by atoms with E-state index in [1.165, 1.54) is 30.5 Å². The Morgan fingerprint density at radius 2 is 2.00 bits per heavy atom. The maximum Gasteiger partial charge on any atom is 0.339 e. The first kappa shape index (κ1) is 15.4. The van der Waals surface area contributed by atoms with E-state index in [1.807, 2.05) is 0 Å². The van der Waals surface area contributed by atoms with Crippen LogP contribution in [0.15, 0.2) is 39.4 Å². The highest BCUT2D eigenvalue weighted by Crippen LogP contribution is 2.34. The maximum absolute atomic E-state index is 11.1. The predicted molar refractivity (Wildman–Crippen MR) is 79.8 cm³/mol. The number of carboxylic acids is 1. The summed E-state index contributed by atoms with van der Waals surface area (Å²) in [5, 5.41) is 20.1. The van der Waals surface area contributed by atoms with Gasteiger partial charge in [0.1, 0.15) is 11.3 Å². The molecule has 1 aromatic heterocycles. The monoisotopic (exact) mass is 416 g/mol. The number of aromatic carboxylic acids is 1. The number of carbonyl (C=O) groups is 1. The lowest BCUT2D eigenvalue weighted by molar-refractivity contribution is -0.386. The van der Waals surface area contributed by atoms with Gasteiger partial charge < -0.3 is 9.84 Å². The molecule has 108 valence electrons. The molecule has 0 radical (unpaired) electrons. The van der Waals surface area contributed by atoms with E-state index in [-0.39, 0.29) is 22.9 Å². The van der Waals surface area contributed by atoms with Crippen LogP contribution in [-0.4, -0.2) is 21.0 Å². The Kier molecular flexibility index (Phi) is 4.53. The molecule has 1 heterocycles. The summed E-state index contributed by atoms with van der Waals surface area (Å²) < 4.78 is 6.30. The highest BCUT2D eigenvalue weighted by atomic mass is 79.9. The second-order valence-electron chi connectivity index (χ2n) is 3.78. The zero-order valence-electron chi connectivity index (χ0n) is 10.1. The quantitative estimate of drug-likeness (QED) is 0.595. The number of carboxylic acid groups (broad SMARTS) is 1. The molecule has 9 heteroatoms. The first-order chi connectivity index (χ1) is 9.88. The van der Waals surface area contributed by atoms with E-state index in [2.05, 4.69) is 36.8 Å². The van der Waals surface area contributed by atoms with E-state index in [4.69, 9.17) is 9.84 Å². The van der Waals surface area contributed by atoms with Crippen LogP contribution >= 0.6 is 31.9 Å². The number of nitro groups is 1. The van der Waals surface area contributed by atoms with Gasteiger partial charge in [-0.15, -0.1) is 0 Å². The van der Waals surface area contributed by atoms with Gasteiger partial charge in [0.2, 0.25) is 0 Å². The number of ether oxygens (including phenoxy) is 1.